The molecule has 0 aliphatic carbocycles. The van der Waals surface area contributed by atoms with Gasteiger partial charge in [-0.05, 0) is 48.0 Å². The number of nitrogens with zero attached hydrogens (tertiary/aromatic N) is 2. The summed E-state index contributed by atoms with van der Waals surface area (Å²) in [6, 6.07) is 57.1. The van der Waals surface area contributed by atoms with Gasteiger partial charge in [0.1, 0.15) is 0 Å². The van der Waals surface area contributed by atoms with Crippen molar-refractivity contribution < 1.29 is 0 Å². The Morgan fingerprint density at radius 2 is 0.867 bits per heavy atom. The van der Waals surface area contributed by atoms with Gasteiger partial charge in [-0.25, -0.2) is 0 Å². The van der Waals surface area contributed by atoms with Crippen LogP contribution >= 0.6 is 0 Å². The monoisotopic (exact) mass is 573 g/mol. The van der Waals surface area contributed by atoms with E-state index in [9.17, 15) is 0 Å². The van der Waals surface area contributed by atoms with Crippen LogP contribution in [0.1, 0.15) is 0 Å². The summed E-state index contributed by atoms with van der Waals surface area (Å²) < 4.78 is 4.95. The van der Waals surface area contributed by atoms with E-state index in [1.165, 1.54) is 76.5 Å². The zero-order valence-corrected chi connectivity index (χ0v) is 24.4. The topological polar surface area (TPSA) is 20.8 Å². The lowest BCUT2D eigenvalue weighted by atomic mass is 10.0. The third-order valence-electron chi connectivity index (χ3n) is 9.43. The molecule has 10 rings (SSSR count). The largest absolute Gasteiger partial charge is 0.355 e. The lowest BCUT2D eigenvalue weighted by Crippen LogP contribution is -1.95. The summed E-state index contributed by atoms with van der Waals surface area (Å²) in [6.45, 7) is 0. The molecule has 1 N–H and O–H groups in total. The molecule has 0 saturated carbocycles. The van der Waals surface area contributed by atoms with Gasteiger partial charge in [0.05, 0.1) is 33.1 Å². The van der Waals surface area contributed by atoms with Crippen molar-refractivity contribution in [3.8, 4) is 11.1 Å². The number of hydrogen-bond donors (Lipinski definition) is 1. The zero-order chi connectivity index (χ0) is 29.5. The minimum Gasteiger partial charge on any atom is -0.355 e. The molecule has 0 aliphatic heterocycles. The maximum absolute atomic E-state index is 3.76. The van der Waals surface area contributed by atoms with Crippen molar-refractivity contribution in [2.75, 3.05) is 5.32 Å². The van der Waals surface area contributed by atoms with E-state index in [-0.39, 0.29) is 0 Å². The van der Waals surface area contributed by atoms with Crippen molar-refractivity contribution in [1.82, 2.24) is 8.80 Å². The van der Waals surface area contributed by atoms with Crippen LogP contribution < -0.4 is 5.32 Å². The summed E-state index contributed by atoms with van der Waals surface area (Å²) in [7, 11) is 0. The first-order valence-electron chi connectivity index (χ1n) is 15.5. The van der Waals surface area contributed by atoms with Gasteiger partial charge in [-0.2, -0.15) is 0 Å². The van der Waals surface area contributed by atoms with Crippen LogP contribution in [-0.2, 0) is 0 Å². The quantitative estimate of drug-likeness (QED) is 0.223. The van der Waals surface area contributed by atoms with Gasteiger partial charge in [-0.1, -0.05) is 115 Å². The first-order chi connectivity index (χ1) is 22.3. The van der Waals surface area contributed by atoms with Crippen LogP contribution in [0.2, 0.25) is 0 Å². The van der Waals surface area contributed by atoms with Crippen LogP contribution in [-0.4, -0.2) is 8.80 Å². The molecule has 0 amide bonds. The molecule has 3 heteroatoms. The maximum atomic E-state index is 3.76. The lowest BCUT2D eigenvalue weighted by Gasteiger charge is -2.13. The van der Waals surface area contributed by atoms with Crippen LogP contribution in [0.4, 0.5) is 11.4 Å². The molecule has 7 aromatic carbocycles. The molecule has 0 spiro atoms. The van der Waals surface area contributed by atoms with Crippen LogP contribution in [0, 0.1) is 0 Å². The molecule has 3 aromatic heterocycles. The number of rotatable bonds is 3. The molecule has 0 saturated heterocycles. The van der Waals surface area contributed by atoms with Crippen LogP contribution in [0.25, 0.3) is 76.5 Å². The standard InChI is InChI=1S/C42H27N3/c1-2-12-27(13-3-1)29-14-4-6-20-36(29)43-28-24-25-38-35(26-28)34-19-11-18-33-32-17-10-16-31-30-15-5-7-21-37(30)44(41(31)32)39-22-8-9-23-40(39)45(38)42(33)34/h1-26,43H. The number of hydrogen-bond acceptors (Lipinski definition) is 1. The molecule has 3 nitrogen and oxygen atoms in total. The van der Waals surface area contributed by atoms with E-state index < -0.39 is 0 Å². The predicted octanol–water partition coefficient (Wildman–Crippen LogP) is 11.4. The Kier molecular flexibility index (Phi) is 5.00. The normalized spacial score (nSPS) is 12.0. The van der Waals surface area contributed by atoms with Crippen LogP contribution in [0.15, 0.2) is 158 Å². The van der Waals surface area contributed by atoms with Gasteiger partial charge < -0.3 is 14.1 Å². The van der Waals surface area contributed by atoms with Gasteiger partial charge in [0, 0.05) is 49.3 Å². The first-order valence-corrected chi connectivity index (χ1v) is 15.5. The summed E-state index contributed by atoms with van der Waals surface area (Å²) in [5, 5.41) is 11.3. The van der Waals surface area contributed by atoms with Crippen molar-refractivity contribution in [2.45, 2.75) is 0 Å². The molecule has 10 aromatic rings. The minimum absolute atomic E-state index is 1.07. The van der Waals surface area contributed by atoms with Crippen LogP contribution in [0.5, 0.6) is 0 Å². The Balaban J connectivity index is 1.33. The Labute approximate surface area is 259 Å². The fourth-order valence-corrected chi connectivity index (χ4v) is 7.56. The molecule has 0 bridgehead atoms. The van der Waals surface area contributed by atoms with Crippen molar-refractivity contribution in [2.24, 2.45) is 0 Å². The summed E-state index contributed by atoms with van der Waals surface area (Å²) >= 11 is 0. The van der Waals surface area contributed by atoms with E-state index in [1.54, 1.807) is 0 Å². The fraction of sp³-hybridized carbons (Fsp3) is 0. The van der Waals surface area contributed by atoms with Crippen LogP contribution in [0.3, 0.4) is 0 Å². The Morgan fingerprint density at radius 3 is 1.58 bits per heavy atom. The lowest BCUT2D eigenvalue weighted by molar-refractivity contribution is 1.29. The van der Waals surface area contributed by atoms with Gasteiger partial charge in [0.2, 0.25) is 0 Å². The van der Waals surface area contributed by atoms with Gasteiger partial charge >= 0.3 is 0 Å². The number of fused-ring (bicyclic) bond motifs is 10. The number of aromatic nitrogens is 2. The van der Waals surface area contributed by atoms with E-state index in [1.807, 2.05) is 0 Å². The van der Waals surface area contributed by atoms with E-state index >= 15 is 0 Å². The second-order valence-corrected chi connectivity index (χ2v) is 11.8. The van der Waals surface area contributed by atoms with Crippen molar-refractivity contribution in [3.63, 3.8) is 0 Å². The first kappa shape index (κ1) is 24.4. The average Bonchev–Trinajstić information content (AvgIpc) is 3.61. The van der Waals surface area contributed by atoms with E-state index in [4.69, 9.17) is 0 Å². The maximum Gasteiger partial charge on any atom is 0.0703 e. The molecular formula is C42H27N3. The van der Waals surface area contributed by atoms with E-state index in [0.717, 1.165) is 11.4 Å². The SMILES string of the molecule is c1ccc(-c2ccccc2Nc2ccc3c(c2)c2cccc4c5cccc6c7ccccc7n(c7ccccc7n3c24)c65)cc1. The smallest absolute Gasteiger partial charge is 0.0703 e. The molecule has 0 fully saturated rings. The highest BCUT2D eigenvalue weighted by molar-refractivity contribution is 6.25. The van der Waals surface area contributed by atoms with Gasteiger partial charge in [0.25, 0.3) is 0 Å². The summed E-state index contributed by atoms with van der Waals surface area (Å²) in [4.78, 5) is 0. The van der Waals surface area contributed by atoms with Gasteiger partial charge in [-0.3, -0.25) is 0 Å². The molecule has 3 heterocycles. The summed E-state index contributed by atoms with van der Waals surface area (Å²) in [5.74, 6) is 0. The number of benzene rings is 7. The average molecular weight is 574 g/mol. The Hall–Kier alpha value is -6.06. The van der Waals surface area contributed by atoms with E-state index in [0.29, 0.717) is 0 Å². The summed E-state index contributed by atoms with van der Waals surface area (Å²) in [5.41, 5.74) is 11.8. The third-order valence-corrected chi connectivity index (χ3v) is 9.43. The molecule has 0 aliphatic rings. The zero-order valence-electron chi connectivity index (χ0n) is 24.4. The predicted molar refractivity (Wildman–Crippen MR) is 191 cm³/mol. The Bertz CT molecular complexity index is 2780. The molecule has 0 radical (unpaired) electrons. The third kappa shape index (κ3) is 3.41. The highest BCUT2D eigenvalue weighted by Gasteiger charge is 2.19. The number of para-hydroxylation sites is 6. The fourth-order valence-electron chi connectivity index (χ4n) is 7.56. The molecular weight excluding hydrogens is 546 g/mol. The Morgan fingerprint density at radius 1 is 0.356 bits per heavy atom. The molecule has 45 heavy (non-hydrogen) atoms. The minimum atomic E-state index is 1.07. The highest BCUT2D eigenvalue weighted by Crippen LogP contribution is 2.41. The number of anilines is 2. The highest BCUT2D eigenvalue weighted by atomic mass is 15.0. The number of nitrogens with one attached hydrogen (secondary N) is 1. The van der Waals surface area contributed by atoms with Gasteiger partial charge in [-0.15, -0.1) is 0 Å². The second kappa shape index (κ2) is 9.22. The summed E-state index contributed by atoms with van der Waals surface area (Å²) in [6.07, 6.45) is 0. The molecule has 210 valence electrons. The van der Waals surface area contributed by atoms with Gasteiger partial charge in [0.15, 0.2) is 0 Å². The van der Waals surface area contributed by atoms with E-state index in [2.05, 4.69) is 172 Å². The van der Waals surface area contributed by atoms with Crippen molar-refractivity contribution in [3.05, 3.63) is 158 Å². The second-order valence-electron chi connectivity index (χ2n) is 11.8. The molecule has 0 unspecified atom stereocenters. The molecule has 0 atom stereocenters. The van der Waals surface area contributed by atoms with Crippen molar-refractivity contribution >= 4 is 76.8 Å². The van der Waals surface area contributed by atoms with Crippen molar-refractivity contribution in [1.29, 1.82) is 0 Å².